The number of nitrogens with zero attached hydrogens (tertiary/aromatic N) is 3. The summed E-state index contributed by atoms with van der Waals surface area (Å²) < 4.78 is 19.2. The van der Waals surface area contributed by atoms with Gasteiger partial charge in [-0.15, -0.1) is 0 Å². The number of carbonyl (C=O) groups excluding carboxylic acids is 2. The van der Waals surface area contributed by atoms with Gasteiger partial charge in [0, 0.05) is 6.42 Å². The minimum atomic E-state index is -0.418. The molecule has 2 aliphatic rings. The third kappa shape index (κ3) is 5.30. The molecule has 2 aromatic rings. The van der Waals surface area contributed by atoms with E-state index in [-0.39, 0.29) is 24.2 Å². The number of likely N-dealkylation sites (tertiary alicyclic amines) is 1. The van der Waals surface area contributed by atoms with Crippen LogP contribution in [0.4, 0.5) is 4.39 Å². The predicted octanol–water partition coefficient (Wildman–Crippen LogP) is 4.23. The average Bonchev–Trinajstić information content (AvgIpc) is 3.26. The molecule has 2 atom stereocenters. The summed E-state index contributed by atoms with van der Waals surface area (Å²) in [5, 5.41) is 6.16. The van der Waals surface area contributed by atoms with Crippen LogP contribution in [0.1, 0.15) is 55.3 Å². The molecule has 1 fully saturated rings. The van der Waals surface area contributed by atoms with Crippen molar-refractivity contribution in [3.05, 3.63) is 71.0 Å². The predicted molar refractivity (Wildman–Crippen MR) is 124 cm³/mol. The Labute approximate surface area is 194 Å². The number of aryl methyl sites for hydroxylation is 1. The van der Waals surface area contributed by atoms with Crippen molar-refractivity contribution in [3.8, 4) is 0 Å². The molecule has 0 N–H and O–H groups in total. The molecular formula is C26H30FN3O3. The molecule has 174 valence electrons. The number of halogens is 1. The summed E-state index contributed by atoms with van der Waals surface area (Å²) >= 11 is 0. The fourth-order valence-corrected chi connectivity index (χ4v) is 4.57. The number of carbonyl (C=O) groups is 2. The largest absolute Gasteiger partial charge is 0.465 e. The summed E-state index contributed by atoms with van der Waals surface area (Å²) in [5.74, 6) is -0.832. The van der Waals surface area contributed by atoms with Gasteiger partial charge >= 0.3 is 5.97 Å². The van der Waals surface area contributed by atoms with Crippen LogP contribution in [0.5, 0.6) is 0 Å². The highest BCUT2D eigenvalue weighted by Crippen LogP contribution is 2.33. The monoisotopic (exact) mass is 451 g/mol. The van der Waals surface area contributed by atoms with Gasteiger partial charge in [-0.2, -0.15) is 5.10 Å². The van der Waals surface area contributed by atoms with Gasteiger partial charge in [-0.25, -0.2) is 9.40 Å². The number of esters is 1. The van der Waals surface area contributed by atoms with E-state index in [1.54, 1.807) is 13.0 Å². The third-order valence-corrected chi connectivity index (χ3v) is 6.29. The van der Waals surface area contributed by atoms with E-state index in [2.05, 4.69) is 5.10 Å². The first kappa shape index (κ1) is 23.1. The molecule has 2 aromatic carbocycles. The third-order valence-electron chi connectivity index (χ3n) is 6.29. The van der Waals surface area contributed by atoms with Gasteiger partial charge in [0.25, 0.3) is 5.91 Å². The summed E-state index contributed by atoms with van der Waals surface area (Å²) in [6.45, 7) is 4.84. The molecular weight excluding hydrogens is 421 g/mol. The van der Waals surface area contributed by atoms with E-state index in [9.17, 15) is 14.0 Å². The maximum atomic E-state index is 14.0. The molecule has 1 amide bonds. The number of benzene rings is 2. The SMILES string of the molecule is CCOC(=O)[C@H]1CCCCN1CC(=O)N1N=C(c2ccc(C)cc2)C[C@H]1c1cccc(F)c1. The zero-order valence-electron chi connectivity index (χ0n) is 19.2. The normalized spacial score (nSPS) is 21.1. The summed E-state index contributed by atoms with van der Waals surface area (Å²) in [6, 6.07) is 13.5. The Kier molecular flexibility index (Phi) is 7.18. The first-order valence-electron chi connectivity index (χ1n) is 11.6. The highest BCUT2D eigenvalue weighted by atomic mass is 19.1. The number of piperidine rings is 1. The van der Waals surface area contributed by atoms with E-state index >= 15 is 0 Å². The van der Waals surface area contributed by atoms with Gasteiger partial charge in [0.15, 0.2) is 0 Å². The molecule has 4 rings (SSSR count). The van der Waals surface area contributed by atoms with Crippen molar-refractivity contribution in [2.45, 2.75) is 51.6 Å². The second-order valence-corrected chi connectivity index (χ2v) is 8.66. The number of amides is 1. The molecule has 1 saturated heterocycles. The first-order valence-corrected chi connectivity index (χ1v) is 11.6. The van der Waals surface area contributed by atoms with Crippen molar-refractivity contribution in [2.24, 2.45) is 5.10 Å². The van der Waals surface area contributed by atoms with E-state index in [0.29, 0.717) is 31.6 Å². The van der Waals surface area contributed by atoms with Crippen molar-refractivity contribution < 1.29 is 18.7 Å². The lowest BCUT2D eigenvalue weighted by Gasteiger charge is -2.34. The fraction of sp³-hybridized carbons (Fsp3) is 0.423. The zero-order valence-corrected chi connectivity index (χ0v) is 19.2. The van der Waals surface area contributed by atoms with Crippen LogP contribution in [-0.2, 0) is 14.3 Å². The Bertz CT molecular complexity index is 1040. The van der Waals surface area contributed by atoms with Crippen molar-refractivity contribution in [2.75, 3.05) is 19.7 Å². The molecule has 33 heavy (non-hydrogen) atoms. The lowest BCUT2D eigenvalue weighted by atomic mass is 9.97. The maximum absolute atomic E-state index is 14.0. The van der Waals surface area contributed by atoms with Crippen LogP contribution in [0, 0.1) is 12.7 Å². The first-order chi connectivity index (χ1) is 16.0. The summed E-state index contributed by atoms with van der Waals surface area (Å²) in [5.41, 5.74) is 3.58. The van der Waals surface area contributed by atoms with Gasteiger partial charge in [-0.1, -0.05) is 48.4 Å². The molecule has 0 spiro atoms. The van der Waals surface area contributed by atoms with Gasteiger partial charge < -0.3 is 4.74 Å². The topological polar surface area (TPSA) is 62.2 Å². The molecule has 2 heterocycles. The zero-order chi connectivity index (χ0) is 23.4. The van der Waals surface area contributed by atoms with E-state index < -0.39 is 12.1 Å². The van der Waals surface area contributed by atoms with Crippen LogP contribution < -0.4 is 0 Å². The Balaban J connectivity index is 1.59. The Morgan fingerprint density at radius 1 is 1.15 bits per heavy atom. The molecule has 0 aliphatic carbocycles. The molecule has 0 aromatic heterocycles. The highest BCUT2D eigenvalue weighted by Gasteiger charge is 2.37. The standard InChI is InChI=1S/C26H30FN3O3/c1-3-33-26(32)23-9-4-5-14-29(23)17-25(31)30-24(20-7-6-8-21(27)15-20)16-22(28-30)19-12-10-18(2)11-13-19/h6-8,10-13,15,23-24H,3-5,9,14,16-17H2,1-2H3/t23-,24+/m1/s1. The van der Waals surface area contributed by atoms with Gasteiger partial charge in [0.05, 0.1) is 24.9 Å². The van der Waals surface area contributed by atoms with Gasteiger partial charge in [0.1, 0.15) is 11.9 Å². The molecule has 2 aliphatic heterocycles. The maximum Gasteiger partial charge on any atom is 0.323 e. The van der Waals surface area contributed by atoms with Gasteiger partial charge in [0.2, 0.25) is 0 Å². The van der Waals surface area contributed by atoms with Crippen molar-refractivity contribution >= 4 is 17.6 Å². The minimum absolute atomic E-state index is 0.0694. The van der Waals surface area contributed by atoms with Crippen LogP contribution in [0.3, 0.4) is 0 Å². The quantitative estimate of drug-likeness (QED) is 0.617. The molecule has 6 nitrogen and oxygen atoms in total. The highest BCUT2D eigenvalue weighted by molar-refractivity contribution is 6.03. The van der Waals surface area contributed by atoms with E-state index in [0.717, 1.165) is 29.7 Å². The molecule has 7 heteroatoms. The molecule has 0 saturated carbocycles. The van der Waals surface area contributed by atoms with Crippen LogP contribution in [0.15, 0.2) is 53.6 Å². The summed E-state index contributed by atoms with van der Waals surface area (Å²) in [4.78, 5) is 27.8. The fourth-order valence-electron chi connectivity index (χ4n) is 4.57. The van der Waals surface area contributed by atoms with Crippen LogP contribution in [0.2, 0.25) is 0 Å². The van der Waals surface area contributed by atoms with Crippen molar-refractivity contribution in [1.29, 1.82) is 0 Å². The molecule has 0 radical (unpaired) electrons. The molecule has 0 unspecified atom stereocenters. The lowest BCUT2D eigenvalue weighted by Crippen LogP contribution is -2.49. The Morgan fingerprint density at radius 2 is 1.94 bits per heavy atom. The number of hydrogen-bond donors (Lipinski definition) is 0. The second-order valence-electron chi connectivity index (χ2n) is 8.66. The van der Waals surface area contributed by atoms with Gasteiger partial charge in [-0.3, -0.25) is 14.5 Å². The minimum Gasteiger partial charge on any atom is -0.465 e. The van der Waals surface area contributed by atoms with Crippen LogP contribution >= 0.6 is 0 Å². The Hall–Kier alpha value is -3.06. The average molecular weight is 452 g/mol. The van der Waals surface area contributed by atoms with Crippen molar-refractivity contribution in [3.63, 3.8) is 0 Å². The van der Waals surface area contributed by atoms with Gasteiger partial charge in [-0.05, 0) is 56.5 Å². The number of ether oxygens (including phenoxy) is 1. The smallest absolute Gasteiger partial charge is 0.323 e. The molecule has 0 bridgehead atoms. The number of rotatable bonds is 6. The number of hydrazone groups is 1. The lowest BCUT2D eigenvalue weighted by molar-refractivity contribution is -0.152. The number of hydrogen-bond acceptors (Lipinski definition) is 5. The van der Waals surface area contributed by atoms with Crippen LogP contribution in [0.25, 0.3) is 0 Å². The second kappa shape index (κ2) is 10.3. The summed E-state index contributed by atoms with van der Waals surface area (Å²) in [6.07, 6.45) is 3.03. The Morgan fingerprint density at radius 3 is 2.67 bits per heavy atom. The van der Waals surface area contributed by atoms with Crippen molar-refractivity contribution in [1.82, 2.24) is 9.91 Å². The van der Waals surface area contributed by atoms with E-state index in [1.807, 2.05) is 42.2 Å². The van der Waals surface area contributed by atoms with E-state index in [1.165, 1.54) is 17.1 Å². The van der Waals surface area contributed by atoms with E-state index in [4.69, 9.17) is 4.74 Å². The summed E-state index contributed by atoms with van der Waals surface area (Å²) in [7, 11) is 0. The van der Waals surface area contributed by atoms with Crippen LogP contribution in [-0.4, -0.2) is 53.2 Å².